The van der Waals surface area contributed by atoms with Gasteiger partial charge >= 0.3 is 0 Å². The molecule has 0 saturated carbocycles. The summed E-state index contributed by atoms with van der Waals surface area (Å²) in [5, 5.41) is 0. The van der Waals surface area contributed by atoms with E-state index in [1.165, 1.54) is 11.4 Å². The molecule has 1 unspecified atom stereocenters. The number of rotatable bonds is 1. The van der Waals surface area contributed by atoms with Crippen LogP contribution in [0.2, 0.25) is 0 Å². The summed E-state index contributed by atoms with van der Waals surface area (Å²) in [4.78, 5) is 2.37. The van der Waals surface area contributed by atoms with E-state index in [1.54, 1.807) is 0 Å². The molecule has 108 valence electrons. The number of anilines is 1. The molecule has 3 heteroatoms. The summed E-state index contributed by atoms with van der Waals surface area (Å²) < 4.78 is 4.24. The zero-order valence-electron chi connectivity index (χ0n) is 12.8. The van der Waals surface area contributed by atoms with Crippen molar-refractivity contribution in [2.45, 2.75) is 34.1 Å². The van der Waals surface area contributed by atoms with Gasteiger partial charge in [0.1, 0.15) is 0 Å². The van der Waals surface area contributed by atoms with Crippen LogP contribution in [0.4, 0.5) is 5.69 Å². The summed E-state index contributed by atoms with van der Waals surface area (Å²) in [5.74, 6) is 0.567. The van der Waals surface area contributed by atoms with Crippen LogP contribution >= 0.6 is 12.8 Å². The van der Waals surface area contributed by atoms with Crippen LogP contribution in [0.5, 0.6) is 0 Å². The SMILES string of the molecule is CC=C1C(=NS)CC(C(C)(C)C)CN1c1ccccc1. The number of allylic oxidation sites excluding steroid dienone is 2. The predicted octanol–water partition coefficient (Wildman–Crippen LogP) is 4.75. The maximum absolute atomic E-state index is 4.24. The number of hydrogen-bond acceptors (Lipinski definition) is 3. The Morgan fingerprint density at radius 3 is 2.40 bits per heavy atom. The zero-order valence-corrected chi connectivity index (χ0v) is 13.7. The van der Waals surface area contributed by atoms with E-state index in [-0.39, 0.29) is 5.41 Å². The third-order valence-corrected chi connectivity index (χ3v) is 4.36. The van der Waals surface area contributed by atoms with Crippen molar-refractivity contribution in [2.75, 3.05) is 11.4 Å². The van der Waals surface area contributed by atoms with Gasteiger partial charge in [0.25, 0.3) is 0 Å². The molecule has 1 fully saturated rings. The molecule has 0 bridgehead atoms. The summed E-state index contributed by atoms with van der Waals surface area (Å²) in [6.07, 6.45) is 3.14. The standard InChI is InChI=1S/C17H24N2S/c1-5-16-15(18-20)11-13(17(2,3)4)12-19(16)14-9-7-6-8-10-14/h5-10,13,20H,11-12H2,1-4H3. The molecule has 1 aliphatic heterocycles. The number of thiol groups is 1. The summed E-state index contributed by atoms with van der Waals surface area (Å²) in [6, 6.07) is 10.5. The van der Waals surface area contributed by atoms with Gasteiger partial charge < -0.3 is 4.90 Å². The first-order chi connectivity index (χ1) is 9.47. The number of nitrogens with zero attached hydrogens (tertiary/aromatic N) is 2. The Kier molecular flexibility index (Phi) is 4.59. The van der Waals surface area contributed by atoms with Crippen LogP contribution in [0.15, 0.2) is 46.5 Å². The molecule has 1 aromatic rings. The zero-order chi connectivity index (χ0) is 14.8. The van der Waals surface area contributed by atoms with Gasteiger partial charge in [-0.25, -0.2) is 4.40 Å². The molecular weight excluding hydrogens is 264 g/mol. The van der Waals surface area contributed by atoms with Gasteiger partial charge in [0.05, 0.1) is 11.4 Å². The second-order valence-electron chi connectivity index (χ2n) is 6.43. The van der Waals surface area contributed by atoms with Crippen LogP contribution < -0.4 is 4.90 Å². The largest absolute Gasteiger partial charge is 0.340 e. The van der Waals surface area contributed by atoms with E-state index >= 15 is 0 Å². The molecule has 2 nitrogen and oxygen atoms in total. The number of benzene rings is 1. The highest BCUT2D eigenvalue weighted by Crippen LogP contribution is 2.37. The van der Waals surface area contributed by atoms with Gasteiger partial charge in [-0.15, -0.1) is 0 Å². The van der Waals surface area contributed by atoms with Gasteiger partial charge in [0, 0.05) is 12.2 Å². The smallest absolute Gasteiger partial charge is 0.0720 e. The molecule has 1 aliphatic rings. The van der Waals surface area contributed by atoms with Crippen molar-refractivity contribution in [2.24, 2.45) is 15.7 Å². The van der Waals surface area contributed by atoms with E-state index in [9.17, 15) is 0 Å². The van der Waals surface area contributed by atoms with Crippen molar-refractivity contribution in [3.8, 4) is 0 Å². The lowest BCUT2D eigenvalue weighted by molar-refractivity contribution is 0.248. The second kappa shape index (κ2) is 6.04. The number of para-hydroxylation sites is 1. The topological polar surface area (TPSA) is 15.6 Å². The van der Waals surface area contributed by atoms with E-state index in [0.717, 1.165) is 18.7 Å². The lowest BCUT2D eigenvalue weighted by Crippen LogP contribution is -2.43. The Hall–Kier alpha value is -1.22. The van der Waals surface area contributed by atoms with Crippen LogP contribution in [0.3, 0.4) is 0 Å². The predicted molar refractivity (Wildman–Crippen MR) is 91.5 cm³/mol. The van der Waals surface area contributed by atoms with E-state index < -0.39 is 0 Å². The molecule has 1 atom stereocenters. The molecule has 20 heavy (non-hydrogen) atoms. The molecule has 0 N–H and O–H groups in total. The Morgan fingerprint density at radius 1 is 1.25 bits per heavy atom. The molecule has 0 amide bonds. The van der Waals surface area contributed by atoms with Gasteiger partial charge in [0.15, 0.2) is 0 Å². The van der Waals surface area contributed by atoms with E-state index in [2.05, 4.69) is 86.2 Å². The molecule has 0 aromatic heterocycles. The Bertz CT molecular complexity index is 512. The Labute approximate surface area is 128 Å². The quantitative estimate of drug-likeness (QED) is 0.737. The van der Waals surface area contributed by atoms with E-state index in [4.69, 9.17) is 0 Å². The highest BCUT2D eigenvalue weighted by molar-refractivity contribution is 7.79. The van der Waals surface area contributed by atoms with Crippen LogP contribution in [-0.4, -0.2) is 12.3 Å². The monoisotopic (exact) mass is 288 g/mol. The fourth-order valence-corrected chi connectivity index (χ4v) is 2.91. The summed E-state index contributed by atoms with van der Waals surface area (Å²) in [6.45, 7) is 10.0. The number of hydrogen-bond donors (Lipinski definition) is 1. The average Bonchev–Trinajstić information content (AvgIpc) is 2.45. The third kappa shape index (κ3) is 3.09. The number of piperidine rings is 1. The van der Waals surface area contributed by atoms with E-state index in [0.29, 0.717) is 5.92 Å². The van der Waals surface area contributed by atoms with Gasteiger partial charge in [-0.05, 0) is 49.6 Å². The molecule has 0 radical (unpaired) electrons. The van der Waals surface area contributed by atoms with Crippen molar-refractivity contribution in [3.63, 3.8) is 0 Å². The van der Waals surface area contributed by atoms with Crippen LogP contribution in [0.1, 0.15) is 34.1 Å². The van der Waals surface area contributed by atoms with Gasteiger partial charge in [-0.3, -0.25) is 0 Å². The molecule has 1 saturated heterocycles. The maximum atomic E-state index is 4.24. The Morgan fingerprint density at radius 2 is 1.90 bits per heavy atom. The highest BCUT2D eigenvalue weighted by Gasteiger charge is 2.35. The van der Waals surface area contributed by atoms with Crippen molar-refractivity contribution < 1.29 is 0 Å². The molecule has 2 rings (SSSR count). The first-order valence-electron chi connectivity index (χ1n) is 7.17. The molecule has 1 heterocycles. The van der Waals surface area contributed by atoms with E-state index in [1.807, 2.05) is 0 Å². The van der Waals surface area contributed by atoms with Crippen molar-refractivity contribution in [1.82, 2.24) is 0 Å². The van der Waals surface area contributed by atoms with Crippen molar-refractivity contribution >= 4 is 24.2 Å². The fraction of sp³-hybridized carbons (Fsp3) is 0.471. The van der Waals surface area contributed by atoms with Gasteiger partial charge in [-0.2, -0.15) is 0 Å². The van der Waals surface area contributed by atoms with Gasteiger partial charge in [-0.1, -0.05) is 45.0 Å². The van der Waals surface area contributed by atoms with Crippen molar-refractivity contribution in [3.05, 3.63) is 42.1 Å². The molecule has 1 aromatic carbocycles. The summed E-state index contributed by atoms with van der Waals surface area (Å²) in [7, 11) is 0. The van der Waals surface area contributed by atoms with Crippen LogP contribution in [-0.2, 0) is 0 Å². The fourth-order valence-electron chi connectivity index (χ4n) is 2.72. The van der Waals surface area contributed by atoms with Crippen molar-refractivity contribution in [1.29, 1.82) is 0 Å². The molecule has 0 spiro atoms. The van der Waals surface area contributed by atoms with Crippen LogP contribution in [0.25, 0.3) is 0 Å². The average molecular weight is 288 g/mol. The first-order valence-corrected chi connectivity index (χ1v) is 7.57. The third-order valence-electron chi connectivity index (χ3n) is 4.12. The lowest BCUT2D eigenvalue weighted by atomic mass is 9.75. The van der Waals surface area contributed by atoms with Gasteiger partial charge in [0.2, 0.25) is 0 Å². The molecule has 0 aliphatic carbocycles. The minimum absolute atomic E-state index is 0.260. The summed E-state index contributed by atoms with van der Waals surface area (Å²) in [5.41, 5.74) is 3.76. The molecular formula is C17H24N2S. The highest BCUT2D eigenvalue weighted by atomic mass is 32.1. The normalized spacial score (nSPS) is 24.4. The Balaban J connectivity index is 2.41. The summed E-state index contributed by atoms with van der Waals surface area (Å²) >= 11 is 4.19. The maximum Gasteiger partial charge on any atom is 0.0720 e. The second-order valence-corrected chi connectivity index (χ2v) is 6.63. The van der Waals surface area contributed by atoms with Crippen LogP contribution in [0, 0.1) is 11.3 Å². The first kappa shape index (κ1) is 15.2. The lowest BCUT2D eigenvalue weighted by Gasteiger charge is -2.42. The minimum Gasteiger partial charge on any atom is -0.340 e. The minimum atomic E-state index is 0.260.